The predicted molar refractivity (Wildman–Crippen MR) is 149 cm³/mol. The number of aromatic nitrogens is 1. The number of fused-ring (bicyclic) bond motifs is 2. The molecule has 5 rings (SSSR count). The Labute approximate surface area is 228 Å². The van der Waals surface area contributed by atoms with Crippen LogP contribution in [0.4, 0.5) is 4.79 Å². The summed E-state index contributed by atoms with van der Waals surface area (Å²) in [6.45, 7) is 9.94. The molecule has 0 unspecified atom stereocenters. The van der Waals surface area contributed by atoms with Crippen LogP contribution in [-0.2, 0) is 17.8 Å². The Morgan fingerprint density at radius 3 is 2.51 bits per heavy atom. The van der Waals surface area contributed by atoms with E-state index in [9.17, 15) is 14.7 Å². The summed E-state index contributed by atoms with van der Waals surface area (Å²) in [4.78, 5) is 30.1. The maximum atomic E-state index is 13.3. The second-order valence-corrected chi connectivity index (χ2v) is 11.2. The summed E-state index contributed by atoms with van der Waals surface area (Å²) < 4.78 is 18.9. The van der Waals surface area contributed by atoms with Crippen molar-refractivity contribution in [1.29, 1.82) is 0 Å². The Morgan fingerprint density at radius 1 is 1.03 bits per heavy atom. The van der Waals surface area contributed by atoms with Crippen LogP contribution < -0.4 is 15.0 Å². The molecule has 2 aliphatic heterocycles. The van der Waals surface area contributed by atoms with Crippen molar-refractivity contribution >= 4 is 17.0 Å². The molecule has 1 saturated heterocycles. The standard InChI is InChI=1S/C30H37N3O6/c1-30(2,3)39-29(36)33(20-21-7-9-26-27(19-21)38-18-17-37-26)22-11-13-31(14-12-22)15-16-32-24-5-4-6-25(34)23(24)8-10-28(32)35/h4-10,19,22,34H,11-18,20H2,1-3H3. The Morgan fingerprint density at radius 2 is 1.77 bits per heavy atom. The molecule has 0 bridgehead atoms. The van der Waals surface area contributed by atoms with E-state index < -0.39 is 5.60 Å². The average Bonchev–Trinajstić information content (AvgIpc) is 2.90. The normalized spacial score (nSPS) is 16.3. The van der Waals surface area contributed by atoms with Gasteiger partial charge in [0.15, 0.2) is 11.5 Å². The van der Waals surface area contributed by atoms with Crippen molar-refractivity contribution in [3.63, 3.8) is 0 Å². The molecule has 208 valence electrons. The van der Waals surface area contributed by atoms with E-state index in [1.165, 1.54) is 6.07 Å². The highest BCUT2D eigenvalue weighted by molar-refractivity contribution is 5.85. The van der Waals surface area contributed by atoms with Gasteiger partial charge in [0.25, 0.3) is 5.56 Å². The number of hydrogen-bond acceptors (Lipinski definition) is 7. The van der Waals surface area contributed by atoms with E-state index in [0.29, 0.717) is 44.0 Å². The first-order valence-corrected chi connectivity index (χ1v) is 13.6. The van der Waals surface area contributed by atoms with Gasteiger partial charge in [-0.15, -0.1) is 0 Å². The number of carbonyl (C=O) groups excluding carboxylic acids is 1. The molecule has 0 radical (unpaired) electrons. The SMILES string of the molecule is CC(C)(C)OC(=O)N(Cc1ccc2c(c1)OCCO2)C1CCN(CCn2c(=O)ccc3c(O)cccc32)CC1. The molecular weight excluding hydrogens is 498 g/mol. The molecule has 1 fully saturated rings. The molecule has 2 aromatic carbocycles. The van der Waals surface area contributed by atoms with Crippen molar-refractivity contribution in [1.82, 2.24) is 14.4 Å². The minimum absolute atomic E-state index is 0.0292. The second-order valence-electron chi connectivity index (χ2n) is 11.2. The summed E-state index contributed by atoms with van der Waals surface area (Å²) in [6.07, 6.45) is 1.28. The predicted octanol–water partition coefficient (Wildman–Crippen LogP) is 4.38. The van der Waals surface area contributed by atoms with Crippen LogP contribution in [0.25, 0.3) is 10.9 Å². The maximum Gasteiger partial charge on any atom is 0.410 e. The number of likely N-dealkylation sites (tertiary alicyclic amines) is 1. The van der Waals surface area contributed by atoms with Gasteiger partial charge in [-0.3, -0.25) is 4.79 Å². The van der Waals surface area contributed by atoms with Crippen LogP contribution in [-0.4, -0.2) is 70.1 Å². The zero-order valence-electron chi connectivity index (χ0n) is 22.9. The third-order valence-electron chi connectivity index (χ3n) is 7.23. The Hall–Kier alpha value is -3.72. The average molecular weight is 536 g/mol. The highest BCUT2D eigenvalue weighted by Gasteiger charge is 2.31. The van der Waals surface area contributed by atoms with Gasteiger partial charge in [0.05, 0.1) is 5.52 Å². The van der Waals surface area contributed by atoms with Gasteiger partial charge >= 0.3 is 6.09 Å². The van der Waals surface area contributed by atoms with E-state index in [0.717, 1.165) is 42.8 Å². The van der Waals surface area contributed by atoms with Crippen molar-refractivity contribution in [2.24, 2.45) is 0 Å². The summed E-state index contributed by atoms with van der Waals surface area (Å²) in [5, 5.41) is 10.9. The summed E-state index contributed by atoms with van der Waals surface area (Å²) in [7, 11) is 0. The van der Waals surface area contributed by atoms with Gasteiger partial charge in [-0.2, -0.15) is 0 Å². The number of rotatable bonds is 6. The van der Waals surface area contributed by atoms with Crippen LogP contribution in [0.2, 0.25) is 0 Å². The van der Waals surface area contributed by atoms with E-state index in [1.807, 2.05) is 49.9 Å². The molecule has 1 amide bonds. The molecule has 39 heavy (non-hydrogen) atoms. The Kier molecular flexibility index (Phi) is 7.70. The molecule has 1 N–H and O–H groups in total. The zero-order chi connectivity index (χ0) is 27.6. The minimum Gasteiger partial charge on any atom is -0.507 e. The fourth-order valence-electron chi connectivity index (χ4n) is 5.28. The number of nitrogens with zero attached hydrogens (tertiary/aromatic N) is 3. The molecule has 9 nitrogen and oxygen atoms in total. The monoisotopic (exact) mass is 535 g/mol. The lowest BCUT2D eigenvalue weighted by atomic mass is 10.0. The molecule has 2 aliphatic rings. The number of amides is 1. The van der Waals surface area contributed by atoms with E-state index >= 15 is 0 Å². The molecule has 0 atom stereocenters. The third kappa shape index (κ3) is 6.30. The van der Waals surface area contributed by atoms with Crippen LogP contribution in [0.5, 0.6) is 17.2 Å². The topological polar surface area (TPSA) is 93.5 Å². The van der Waals surface area contributed by atoms with Gasteiger partial charge in [-0.1, -0.05) is 12.1 Å². The van der Waals surface area contributed by atoms with Crippen LogP contribution in [0, 0.1) is 0 Å². The molecule has 3 heterocycles. The number of piperidine rings is 1. The first-order chi connectivity index (χ1) is 18.7. The van der Waals surface area contributed by atoms with E-state index in [1.54, 1.807) is 22.8 Å². The number of benzene rings is 2. The lowest BCUT2D eigenvalue weighted by Gasteiger charge is -2.39. The third-order valence-corrected chi connectivity index (χ3v) is 7.23. The van der Waals surface area contributed by atoms with Gasteiger partial charge in [-0.25, -0.2) is 4.79 Å². The molecule has 0 aliphatic carbocycles. The highest BCUT2D eigenvalue weighted by Crippen LogP contribution is 2.32. The maximum absolute atomic E-state index is 13.3. The summed E-state index contributed by atoms with van der Waals surface area (Å²) >= 11 is 0. The van der Waals surface area contributed by atoms with Gasteiger partial charge < -0.3 is 33.7 Å². The van der Waals surface area contributed by atoms with Crippen LogP contribution in [0.1, 0.15) is 39.2 Å². The van der Waals surface area contributed by atoms with Crippen LogP contribution in [0.15, 0.2) is 53.3 Å². The lowest BCUT2D eigenvalue weighted by Crippen LogP contribution is -2.49. The van der Waals surface area contributed by atoms with Crippen molar-refractivity contribution < 1.29 is 24.1 Å². The summed E-state index contributed by atoms with van der Waals surface area (Å²) in [5.74, 6) is 1.60. The minimum atomic E-state index is -0.594. The van der Waals surface area contributed by atoms with E-state index in [2.05, 4.69) is 4.90 Å². The fraction of sp³-hybridized carbons (Fsp3) is 0.467. The number of phenolic OH excluding ortho intramolecular Hbond substituents is 1. The Bertz CT molecular complexity index is 1390. The first kappa shape index (κ1) is 26.9. The zero-order valence-corrected chi connectivity index (χ0v) is 22.9. The number of phenols is 1. The lowest BCUT2D eigenvalue weighted by molar-refractivity contribution is 0.00562. The van der Waals surface area contributed by atoms with Crippen LogP contribution >= 0.6 is 0 Å². The van der Waals surface area contributed by atoms with E-state index in [-0.39, 0.29) is 23.4 Å². The number of carbonyl (C=O) groups is 1. The van der Waals surface area contributed by atoms with Gasteiger partial charge in [0, 0.05) is 50.2 Å². The molecule has 9 heteroatoms. The van der Waals surface area contributed by atoms with Crippen molar-refractivity contribution in [2.75, 3.05) is 32.8 Å². The highest BCUT2D eigenvalue weighted by atomic mass is 16.6. The van der Waals surface area contributed by atoms with Crippen LogP contribution in [0.3, 0.4) is 0 Å². The van der Waals surface area contributed by atoms with Crippen molar-refractivity contribution in [2.45, 2.75) is 58.3 Å². The molecule has 3 aromatic rings. The number of pyridine rings is 1. The quantitative estimate of drug-likeness (QED) is 0.501. The number of aromatic hydroxyl groups is 1. The summed E-state index contributed by atoms with van der Waals surface area (Å²) in [5.41, 5.74) is 1.01. The van der Waals surface area contributed by atoms with Crippen molar-refractivity contribution in [3.05, 3.63) is 64.4 Å². The molecule has 1 aromatic heterocycles. The largest absolute Gasteiger partial charge is 0.507 e. The van der Waals surface area contributed by atoms with E-state index in [4.69, 9.17) is 14.2 Å². The molecule has 0 saturated carbocycles. The van der Waals surface area contributed by atoms with Crippen molar-refractivity contribution in [3.8, 4) is 17.2 Å². The summed E-state index contributed by atoms with van der Waals surface area (Å²) in [6, 6.07) is 14.3. The molecular formula is C30H37N3O6. The first-order valence-electron chi connectivity index (χ1n) is 13.6. The van der Waals surface area contributed by atoms with Gasteiger partial charge in [0.1, 0.15) is 24.6 Å². The Balaban J connectivity index is 1.26. The second kappa shape index (κ2) is 11.2. The van der Waals surface area contributed by atoms with Gasteiger partial charge in [0.2, 0.25) is 0 Å². The smallest absolute Gasteiger partial charge is 0.410 e. The fourth-order valence-corrected chi connectivity index (χ4v) is 5.28. The molecule has 0 spiro atoms. The van der Waals surface area contributed by atoms with Gasteiger partial charge in [-0.05, 0) is 69.5 Å². The number of ether oxygens (including phenoxy) is 3. The number of hydrogen-bond donors (Lipinski definition) is 1.